The Morgan fingerprint density at radius 3 is 2.47 bits per heavy atom. The van der Waals surface area contributed by atoms with Crippen LogP contribution in [0.2, 0.25) is 5.02 Å². The number of methoxy groups -OCH3 is 1. The normalized spacial score (nSPS) is 10.6. The second kappa shape index (κ2) is 14.0. The van der Waals surface area contributed by atoms with Crippen molar-refractivity contribution in [2.45, 2.75) is 57.8 Å². The predicted molar refractivity (Wildman–Crippen MR) is 134 cm³/mol. The molecule has 6 nitrogen and oxygen atoms in total. The van der Waals surface area contributed by atoms with Gasteiger partial charge >= 0.3 is 11.9 Å². The highest BCUT2D eigenvalue weighted by Crippen LogP contribution is 2.35. The van der Waals surface area contributed by atoms with Crippen LogP contribution in [0.5, 0.6) is 11.5 Å². The third-order valence-electron chi connectivity index (χ3n) is 4.96. The number of Topliss-reactive ketones (excluding diaryl/α,β-unsaturated/α-hetero) is 1. The van der Waals surface area contributed by atoms with E-state index in [9.17, 15) is 14.4 Å². The Kier molecular flexibility index (Phi) is 11.4. The topological polar surface area (TPSA) is 78.9 Å². The molecule has 0 unspecified atom stereocenters. The molecule has 0 heterocycles. The summed E-state index contributed by atoms with van der Waals surface area (Å²) in [7, 11) is 1.36. The van der Waals surface area contributed by atoms with Crippen molar-refractivity contribution in [3.63, 3.8) is 0 Å². The number of ether oxygens (including phenoxy) is 3. The molecule has 0 amide bonds. The van der Waals surface area contributed by atoms with Crippen molar-refractivity contribution in [1.82, 2.24) is 0 Å². The van der Waals surface area contributed by atoms with E-state index in [0.29, 0.717) is 41.5 Å². The molecule has 0 saturated heterocycles. The fourth-order valence-corrected chi connectivity index (χ4v) is 4.55. The quantitative estimate of drug-likeness (QED) is 0.107. The van der Waals surface area contributed by atoms with Gasteiger partial charge in [0.2, 0.25) is 0 Å². The summed E-state index contributed by atoms with van der Waals surface area (Å²) in [6.45, 7) is 5.59. The second-order valence-corrected chi connectivity index (χ2v) is 9.15. The molecule has 2 aromatic carbocycles. The molecule has 0 aliphatic heterocycles. The summed E-state index contributed by atoms with van der Waals surface area (Å²) in [5.41, 5.74) is 1.96. The zero-order chi connectivity index (χ0) is 25.1. The average molecular weight is 507 g/mol. The molecule has 0 bridgehead atoms. The summed E-state index contributed by atoms with van der Waals surface area (Å²) in [6.07, 6.45) is 2.71. The maximum atomic E-state index is 12.4. The van der Waals surface area contributed by atoms with Gasteiger partial charge in [0.15, 0.2) is 5.78 Å². The van der Waals surface area contributed by atoms with Gasteiger partial charge in [-0.05, 0) is 42.7 Å². The number of benzene rings is 2. The van der Waals surface area contributed by atoms with Gasteiger partial charge in [0.25, 0.3) is 0 Å². The molecule has 2 aromatic rings. The smallest absolute Gasteiger partial charge is 0.309 e. The van der Waals surface area contributed by atoms with E-state index in [-0.39, 0.29) is 18.2 Å². The van der Waals surface area contributed by atoms with Gasteiger partial charge in [-0.25, -0.2) is 0 Å². The van der Waals surface area contributed by atoms with Crippen molar-refractivity contribution in [2.24, 2.45) is 0 Å². The summed E-state index contributed by atoms with van der Waals surface area (Å²) >= 11 is 7.97. The number of ketones is 1. The fraction of sp³-hybridized carbons (Fsp3) is 0.423. The first-order valence-electron chi connectivity index (χ1n) is 11.3. The SMILES string of the molecule is CCCc1c(OCCCSc2ccc(CC(=O)OC)cc2Cl)ccc(C(=O)CC)c1OC(C)=O. The lowest BCUT2D eigenvalue weighted by molar-refractivity contribution is -0.139. The number of hydrogen-bond donors (Lipinski definition) is 0. The maximum Gasteiger partial charge on any atom is 0.309 e. The van der Waals surface area contributed by atoms with Crippen LogP contribution in [0, 0.1) is 0 Å². The second-order valence-electron chi connectivity index (χ2n) is 7.61. The molecule has 0 aliphatic carbocycles. The standard InChI is InChI=1S/C26H31ClO6S/c1-5-8-20-23(11-10-19(22(29)6-2)26(20)33-17(3)28)32-13-7-14-34-24-12-9-18(15-21(24)27)16-25(30)31-4/h9-12,15H,5-8,13-14,16H2,1-4H3. The third-order valence-corrected chi connectivity index (χ3v) is 6.55. The predicted octanol–water partition coefficient (Wildman–Crippen LogP) is 6.09. The summed E-state index contributed by atoms with van der Waals surface area (Å²) < 4.78 is 16.2. The highest BCUT2D eigenvalue weighted by atomic mass is 35.5. The van der Waals surface area contributed by atoms with Gasteiger partial charge in [0.05, 0.1) is 30.7 Å². The molecular weight excluding hydrogens is 476 g/mol. The number of carbonyl (C=O) groups is 3. The molecule has 184 valence electrons. The molecule has 34 heavy (non-hydrogen) atoms. The first-order valence-corrected chi connectivity index (χ1v) is 12.6. The number of halogens is 1. The van der Waals surface area contributed by atoms with Gasteiger partial charge in [0.1, 0.15) is 11.5 Å². The number of rotatable bonds is 13. The largest absolute Gasteiger partial charge is 0.493 e. The van der Waals surface area contributed by atoms with Crippen LogP contribution in [0.4, 0.5) is 0 Å². The Morgan fingerprint density at radius 2 is 1.85 bits per heavy atom. The Morgan fingerprint density at radius 1 is 1.09 bits per heavy atom. The summed E-state index contributed by atoms with van der Waals surface area (Å²) in [5.74, 6) is 0.868. The van der Waals surface area contributed by atoms with Crippen LogP contribution in [0.1, 0.15) is 61.5 Å². The van der Waals surface area contributed by atoms with Crippen LogP contribution in [-0.4, -0.2) is 37.2 Å². The van der Waals surface area contributed by atoms with Crippen molar-refractivity contribution in [2.75, 3.05) is 19.5 Å². The lowest BCUT2D eigenvalue weighted by atomic mass is 9.99. The summed E-state index contributed by atoms with van der Waals surface area (Å²) in [6, 6.07) is 9.01. The molecular formula is C26H31ClO6S. The van der Waals surface area contributed by atoms with E-state index in [0.717, 1.165) is 34.6 Å². The van der Waals surface area contributed by atoms with E-state index in [1.807, 2.05) is 19.1 Å². The zero-order valence-corrected chi connectivity index (χ0v) is 21.6. The highest BCUT2D eigenvalue weighted by molar-refractivity contribution is 7.99. The van der Waals surface area contributed by atoms with E-state index >= 15 is 0 Å². The highest BCUT2D eigenvalue weighted by Gasteiger charge is 2.20. The molecule has 0 saturated carbocycles. The van der Waals surface area contributed by atoms with Gasteiger partial charge in [-0.3, -0.25) is 14.4 Å². The monoisotopic (exact) mass is 506 g/mol. The first kappa shape index (κ1) is 27.7. The Bertz CT molecular complexity index is 1020. The van der Waals surface area contributed by atoms with E-state index in [1.54, 1.807) is 36.9 Å². The maximum absolute atomic E-state index is 12.4. The van der Waals surface area contributed by atoms with Crippen molar-refractivity contribution < 1.29 is 28.6 Å². The molecule has 0 N–H and O–H groups in total. The molecule has 8 heteroatoms. The van der Waals surface area contributed by atoms with Crippen LogP contribution in [0.25, 0.3) is 0 Å². The van der Waals surface area contributed by atoms with Gasteiger partial charge in [-0.15, -0.1) is 11.8 Å². The van der Waals surface area contributed by atoms with Crippen molar-refractivity contribution in [3.8, 4) is 11.5 Å². The summed E-state index contributed by atoms with van der Waals surface area (Å²) in [4.78, 5) is 36.4. The molecule has 0 spiro atoms. The van der Waals surface area contributed by atoms with E-state index in [2.05, 4.69) is 4.74 Å². The minimum Gasteiger partial charge on any atom is -0.493 e. The van der Waals surface area contributed by atoms with E-state index in [4.69, 9.17) is 21.1 Å². The van der Waals surface area contributed by atoms with E-state index < -0.39 is 5.97 Å². The fourth-order valence-electron chi connectivity index (χ4n) is 3.34. The number of carbonyl (C=O) groups excluding carboxylic acids is 3. The zero-order valence-electron chi connectivity index (χ0n) is 20.1. The van der Waals surface area contributed by atoms with Crippen LogP contribution in [0.3, 0.4) is 0 Å². The van der Waals surface area contributed by atoms with Crippen LogP contribution in [-0.2, 0) is 27.2 Å². The van der Waals surface area contributed by atoms with Gasteiger partial charge in [-0.1, -0.05) is 37.9 Å². The van der Waals surface area contributed by atoms with Crippen LogP contribution >= 0.6 is 23.4 Å². The molecule has 0 aromatic heterocycles. The Balaban J connectivity index is 2.02. The first-order chi connectivity index (χ1) is 16.3. The minimum atomic E-state index is -0.467. The number of hydrogen-bond acceptors (Lipinski definition) is 7. The number of esters is 2. The van der Waals surface area contributed by atoms with Crippen LogP contribution in [0.15, 0.2) is 35.2 Å². The van der Waals surface area contributed by atoms with Crippen molar-refractivity contribution >= 4 is 41.1 Å². The third kappa shape index (κ3) is 8.06. The molecule has 0 radical (unpaired) electrons. The van der Waals surface area contributed by atoms with Gasteiger partial charge in [0, 0.05) is 29.6 Å². The van der Waals surface area contributed by atoms with Crippen molar-refractivity contribution in [1.29, 1.82) is 0 Å². The number of thioether (sulfide) groups is 1. The van der Waals surface area contributed by atoms with Crippen molar-refractivity contribution in [3.05, 3.63) is 52.0 Å². The lowest BCUT2D eigenvalue weighted by Crippen LogP contribution is -2.12. The minimum absolute atomic E-state index is 0.0777. The van der Waals surface area contributed by atoms with Crippen LogP contribution < -0.4 is 9.47 Å². The van der Waals surface area contributed by atoms with Gasteiger partial charge in [-0.2, -0.15) is 0 Å². The van der Waals surface area contributed by atoms with E-state index in [1.165, 1.54) is 14.0 Å². The molecule has 0 aliphatic rings. The molecule has 0 atom stereocenters. The lowest BCUT2D eigenvalue weighted by Gasteiger charge is -2.17. The average Bonchev–Trinajstić information content (AvgIpc) is 2.81. The molecule has 2 rings (SSSR count). The van der Waals surface area contributed by atoms with Gasteiger partial charge < -0.3 is 14.2 Å². The Hall–Kier alpha value is -2.51. The Labute approximate surface area is 210 Å². The summed E-state index contributed by atoms with van der Waals surface area (Å²) in [5, 5.41) is 0.597. The molecule has 0 fully saturated rings.